The molecule has 0 aliphatic carbocycles. The second kappa shape index (κ2) is 3.21. The van der Waals surface area contributed by atoms with Gasteiger partial charge in [0.25, 0.3) is 0 Å². The van der Waals surface area contributed by atoms with E-state index in [1.807, 2.05) is 12.3 Å². The van der Waals surface area contributed by atoms with E-state index in [1.54, 1.807) is 0 Å². The van der Waals surface area contributed by atoms with Gasteiger partial charge in [0.2, 0.25) is 0 Å². The Bertz CT molecular complexity index is 502. The maximum absolute atomic E-state index is 9.06. The first-order valence-corrected chi connectivity index (χ1v) is 5.13. The van der Waals surface area contributed by atoms with Gasteiger partial charge in [-0.25, -0.2) is 4.98 Å². The highest BCUT2D eigenvalue weighted by Crippen LogP contribution is 2.28. The predicted molar refractivity (Wildman–Crippen MR) is 57.3 cm³/mol. The third-order valence-electron chi connectivity index (χ3n) is 2.87. The van der Waals surface area contributed by atoms with Crippen LogP contribution in [0.2, 0.25) is 0 Å². The van der Waals surface area contributed by atoms with Gasteiger partial charge in [-0.05, 0) is 12.0 Å². The number of hydrogen-bond donors (Lipinski definition) is 1. The van der Waals surface area contributed by atoms with Gasteiger partial charge in [0.05, 0.1) is 12.3 Å². The van der Waals surface area contributed by atoms with Gasteiger partial charge >= 0.3 is 0 Å². The van der Waals surface area contributed by atoms with Crippen LogP contribution in [0.3, 0.4) is 0 Å². The third-order valence-corrected chi connectivity index (χ3v) is 2.87. The van der Waals surface area contributed by atoms with Crippen LogP contribution in [-0.4, -0.2) is 14.7 Å². The highest BCUT2D eigenvalue weighted by Gasteiger charge is 2.17. The minimum atomic E-state index is 0.0160. The van der Waals surface area contributed by atoms with E-state index < -0.39 is 0 Å². The van der Waals surface area contributed by atoms with Crippen molar-refractivity contribution in [3.05, 3.63) is 41.7 Å². The molecule has 0 amide bonds. The molecule has 1 aromatic carbocycles. The van der Waals surface area contributed by atoms with E-state index in [-0.39, 0.29) is 6.61 Å². The fraction of sp³-hybridized carbons (Fsp3) is 0.250. The number of imidazole rings is 1. The molecule has 3 nitrogen and oxygen atoms in total. The zero-order valence-electron chi connectivity index (χ0n) is 8.35. The Morgan fingerprint density at radius 1 is 1.33 bits per heavy atom. The second-order valence-electron chi connectivity index (χ2n) is 3.81. The van der Waals surface area contributed by atoms with Crippen molar-refractivity contribution < 1.29 is 5.11 Å². The number of aryl methyl sites for hydroxylation is 2. The molecular weight excluding hydrogens is 188 g/mol. The van der Waals surface area contributed by atoms with Gasteiger partial charge in [-0.15, -0.1) is 0 Å². The molecule has 3 rings (SSSR count). The fourth-order valence-corrected chi connectivity index (χ4v) is 2.13. The van der Waals surface area contributed by atoms with Crippen molar-refractivity contribution in [3.8, 4) is 11.4 Å². The quantitative estimate of drug-likeness (QED) is 0.759. The fourth-order valence-electron chi connectivity index (χ4n) is 2.13. The van der Waals surface area contributed by atoms with Gasteiger partial charge in [-0.3, -0.25) is 0 Å². The van der Waals surface area contributed by atoms with Crippen molar-refractivity contribution >= 4 is 0 Å². The maximum Gasteiger partial charge on any atom is 0.140 e. The highest BCUT2D eigenvalue weighted by atomic mass is 16.3. The van der Waals surface area contributed by atoms with Crippen LogP contribution >= 0.6 is 0 Å². The van der Waals surface area contributed by atoms with Gasteiger partial charge in [-0.1, -0.05) is 24.3 Å². The molecule has 1 aliphatic rings. The zero-order valence-corrected chi connectivity index (χ0v) is 8.35. The summed E-state index contributed by atoms with van der Waals surface area (Å²) in [5.41, 5.74) is 3.30. The molecule has 0 saturated carbocycles. The summed E-state index contributed by atoms with van der Waals surface area (Å²) in [5, 5.41) is 9.06. The lowest BCUT2D eigenvalue weighted by Gasteiger charge is -2.17. The molecule has 0 unspecified atom stereocenters. The summed E-state index contributed by atoms with van der Waals surface area (Å²) in [6.45, 7) is 0.974. The van der Waals surface area contributed by atoms with Crippen LogP contribution in [0, 0.1) is 0 Å². The summed E-state index contributed by atoms with van der Waals surface area (Å²) >= 11 is 0. The van der Waals surface area contributed by atoms with E-state index >= 15 is 0 Å². The van der Waals surface area contributed by atoms with Crippen LogP contribution in [0.25, 0.3) is 11.4 Å². The Labute approximate surface area is 88.0 Å². The van der Waals surface area contributed by atoms with E-state index in [0.29, 0.717) is 0 Å². The lowest BCUT2D eigenvalue weighted by molar-refractivity contribution is 0.277. The first kappa shape index (κ1) is 8.68. The van der Waals surface area contributed by atoms with Crippen molar-refractivity contribution in [2.75, 3.05) is 0 Å². The smallest absolute Gasteiger partial charge is 0.140 e. The van der Waals surface area contributed by atoms with Gasteiger partial charge in [0, 0.05) is 18.3 Å². The minimum Gasteiger partial charge on any atom is -0.390 e. The van der Waals surface area contributed by atoms with E-state index in [0.717, 1.165) is 24.5 Å². The summed E-state index contributed by atoms with van der Waals surface area (Å²) in [7, 11) is 0. The first-order valence-electron chi connectivity index (χ1n) is 5.13. The molecule has 0 atom stereocenters. The number of rotatable bonds is 1. The summed E-state index contributed by atoms with van der Waals surface area (Å²) < 4.78 is 2.12. The molecule has 15 heavy (non-hydrogen) atoms. The molecular formula is C12H12N2O. The molecule has 0 spiro atoms. The van der Waals surface area contributed by atoms with Crippen LogP contribution in [-0.2, 0) is 19.6 Å². The summed E-state index contributed by atoms with van der Waals surface area (Å²) in [6.07, 6.45) is 2.98. The van der Waals surface area contributed by atoms with Crippen LogP contribution in [0.5, 0.6) is 0 Å². The Hall–Kier alpha value is -1.61. The van der Waals surface area contributed by atoms with E-state index in [4.69, 9.17) is 5.11 Å². The molecule has 0 saturated heterocycles. The number of aromatic nitrogens is 2. The number of benzene rings is 1. The second-order valence-corrected chi connectivity index (χ2v) is 3.81. The Morgan fingerprint density at radius 2 is 2.20 bits per heavy atom. The lowest BCUT2D eigenvalue weighted by atomic mass is 10.0. The lowest BCUT2D eigenvalue weighted by Crippen LogP contribution is -2.09. The Balaban J connectivity index is 2.20. The van der Waals surface area contributed by atoms with Gasteiger partial charge in [-0.2, -0.15) is 0 Å². The van der Waals surface area contributed by atoms with Crippen molar-refractivity contribution in [2.24, 2.45) is 0 Å². The summed E-state index contributed by atoms with van der Waals surface area (Å²) in [4.78, 5) is 4.42. The zero-order chi connectivity index (χ0) is 10.3. The van der Waals surface area contributed by atoms with Crippen molar-refractivity contribution in [2.45, 2.75) is 19.6 Å². The molecule has 1 N–H and O–H groups in total. The van der Waals surface area contributed by atoms with Crippen LogP contribution in [0.15, 0.2) is 30.5 Å². The van der Waals surface area contributed by atoms with Gasteiger partial charge in [0.15, 0.2) is 0 Å². The van der Waals surface area contributed by atoms with Crippen LogP contribution in [0.1, 0.15) is 11.3 Å². The van der Waals surface area contributed by atoms with Crippen molar-refractivity contribution in [1.29, 1.82) is 0 Å². The molecule has 3 heteroatoms. The van der Waals surface area contributed by atoms with Gasteiger partial charge in [0.1, 0.15) is 5.82 Å². The Morgan fingerprint density at radius 3 is 3.07 bits per heavy atom. The molecule has 2 aromatic rings. The predicted octanol–water partition coefficient (Wildman–Crippen LogP) is 1.60. The molecule has 2 heterocycles. The molecule has 1 aromatic heterocycles. The Kier molecular flexibility index (Phi) is 1.86. The van der Waals surface area contributed by atoms with Crippen LogP contribution < -0.4 is 0 Å². The van der Waals surface area contributed by atoms with E-state index in [2.05, 4.69) is 27.8 Å². The number of nitrogens with zero attached hydrogens (tertiary/aromatic N) is 2. The largest absolute Gasteiger partial charge is 0.390 e. The maximum atomic E-state index is 9.06. The number of hydrogen-bond acceptors (Lipinski definition) is 2. The topological polar surface area (TPSA) is 38.0 Å². The molecule has 1 aliphatic heterocycles. The van der Waals surface area contributed by atoms with E-state index in [9.17, 15) is 0 Å². The highest BCUT2D eigenvalue weighted by molar-refractivity contribution is 5.62. The number of aliphatic hydroxyl groups is 1. The molecule has 0 bridgehead atoms. The molecule has 76 valence electrons. The monoisotopic (exact) mass is 200 g/mol. The van der Waals surface area contributed by atoms with E-state index in [1.165, 1.54) is 11.1 Å². The normalized spacial score (nSPS) is 13.4. The summed E-state index contributed by atoms with van der Waals surface area (Å²) in [5.74, 6) is 0.987. The third kappa shape index (κ3) is 1.27. The van der Waals surface area contributed by atoms with Crippen molar-refractivity contribution in [1.82, 2.24) is 9.55 Å². The van der Waals surface area contributed by atoms with Crippen LogP contribution in [0.4, 0.5) is 0 Å². The average Bonchev–Trinajstić information content (AvgIpc) is 2.72. The average molecular weight is 200 g/mol. The molecule has 0 fully saturated rings. The SMILES string of the molecule is OCc1cn2c(n1)-c1ccccc1CC2. The van der Waals surface area contributed by atoms with Crippen molar-refractivity contribution in [3.63, 3.8) is 0 Å². The summed E-state index contributed by atoms with van der Waals surface area (Å²) in [6, 6.07) is 8.33. The standard InChI is InChI=1S/C12H12N2O/c15-8-10-7-14-6-5-9-3-1-2-4-11(9)12(14)13-10/h1-4,7,15H,5-6,8H2. The first-order chi connectivity index (χ1) is 7.38. The minimum absolute atomic E-state index is 0.0160. The molecule has 0 radical (unpaired) electrons. The van der Waals surface area contributed by atoms with Gasteiger partial charge < -0.3 is 9.67 Å². The number of fused-ring (bicyclic) bond motifs is 3. The number of aliphatic hydroxyl groups excluding tert-OH is 1.